The molecule has 0 aromatic heterocycles. The molecule has 0 spiro atoms. The predicted molar refractivity (Wildman–Crippen MR) is 87.7 cm³/mol. The minimum atomic E-state index is -2.61. The summed E-state index contributed by atoms with van der Waals surface area (Å²) in [6.45, 7) is 0.678. The number of aliphatic hydroxyl groups excluding tert-OH is 1. The molecule has 5 heteroatoms. The smallest absolute Gasteiger partial charge is 0.248 e. The number of benzene rings is 1. The molecule has 1 N–H and O–H groups in total. The lowest BCUT2D eigenvalue weighted by atomic mass is 9.85. The average Bonchev–Trinajstić information content (AvgIpc) is 3.03. The number of aliphatic hydroxyl groups is 1. The van der Waals surface area contributed by atoms with E-state index >= 15 is 0 Å². The van der Waals surface area contributed by atoms with Crippen molar-refractivity contribution in [1.82, 2.24) is 4.90 Å². The van der Waals surface area contributed by atoms with Gasteiger partial charge in [0.1, 0.15) is 0 Å². The standard InChI is InChI=1S/C19H25F2NO2/c20-19(21)10-8-15(9-11-19)18(24)22-12-4-7-16(22)13-17(23)14-5-2-1-3-6-14/h1-3,5-6,15-17,23H,4,7-13H2. The van der Waals surface area contributed by atoms with E-state index in [-0.39, 0.29) is 43.6 Å². The Bertz CT molecular complexity index is 554. The van der Waals surface area contributed by atoms with Gasteiger partial charge in [0.2, 0.25) is 11.8 Å². The summed E-state index contributed by atoms with van der Waals surface area (Å²) < 4.78 is 26.6. The predicted octanol–water partition coefficient (Wildman–Crippen LogP) is 3.93. The fourth-order valence-corrected chi connectivity index (χ4v) is 3.96. The zero-order chi connectivity index (χ0) is 17.2. The van der Waals surface area contributed by atoms with E-state index in [0.29, 0.717) is 13.0 Å². The van der Waals surface area contributed by atoms with Gasteiger partial charge in [-0.05, 0) is 37.7 Å². The first-order chi connectivity index (χ1) is 11.5. The van der Waals surface area contributed by atoms with Crippen molar-refractivity contribution in [3.05, 3.63) is 35.9 Å². The van der Waals surface area contributed by atoms with Crippen LogP contribution in [0.3, 0.4) is 0 Å². The van der Waals surface area contributed by atoms with Gasteiger partial charge in [-0.2, -0.15) is 0 Å². The van der Waals surface area contributed by atoms with Crippen LogP contribution >= 0.6 is 0 Å². The van der Waals surface area contributed by atoms with Crippen LogP contribution in [0.1, 0.15) is 56.6 Å². The van der Waals surface area contributed by atoms with Crippen molar-refractivity contribution < 1.29 is 18.7 Å². The van der Waals surface area contributed by atoms with Crippen LogP contribution in [-0.4, -0.2) is 34.4 Å². The second-order valence-corrected chi connectivity index (χ2v) is 7.12. The van der Waals surface area contributed by atoms with E-state index in [0.717, 1.165) is 18.4 Å². The molecule has 2 unspecified atom stereocenters. The van der Waals surface area contributed by atoms with Gasteiger partial charge in [-0.1, -0.05) is 30.3 Å². The third-order valence-corrected chi connectivity index (χ3v) is 5.41. The Morgan fingerprint density at radius 3 is 2.54 bits per heavy atom. The molecule has 1 amide bonds. The van der Waals surface area contributed by atoms with E-state index in [1.807, 2.05) is 35.2 Å². The van der Waals surface area contributed by atoms with E-state index in [2.05, 4.69) is 0 Å². The first-order valence-corrected chi connectivity index (χ1v) is 8.87. The molecule has 0 radical (unpaired) electrons. The van der Waals surface area contributed by atoms with Gasteiger partial charge in [0.05, 0.1) is 6.10 Å². The number of alkyl halides is 2. The Kier molecular flexibility index (Phi) is 5.18. The number of hydrogen-bond acceptors (Lipinski definition) is 2. The van der Waals surface area contributed by atoms with Crippen LogP contribution < -0.4 is 0 Å². The van der Waals surface area contributed by atoms with Crippen molar-refractivity contribution >= 4 is 5.91 Å². The monoisotopic (exact) mass is 337 g/mol. The van der Waals surface area contributed by atoms with Crippen molar-refractivity contribution in [2.24, 2.45) is 5.92 Å². The van der Waals surface area contributed by atoms with E-state index in [1.54, 1.807) is 0 Å². The highest BCUT2D eigenvalue weighted by atomic mass is 19.3. The molecule has 1 aliphatic heterocycles. The number of nitrogens with zero attached hydrogens (tertiary/aromatic N) is 1. The van der Waals surface area contributed by atoms with Gasteiger partial charge in [-0.15, -0.1) is 0 Å². The minimum absolute atomic E-state index is 0.00765. The van der Waals surface area contributed by atoms with Gasteiger partial charge in [0.25, 0.3) is 0 Å². The second-order valence-electron chi connectivity index (χ2n) is 7.12. The van der Waals surface area contributed by atoms with Crippen molar-refractivity contribution in [3.63, 3.8) is 0 Å². The summed E-state index contributed by atoms with van der Waals surface area (Å²) in [7, 11) is 0. The Balaban J connectivity index is 1.60. The number of likely N-dealkylation sites (tertiary alicyclic amines) is 1. The second kappa shape index (κ2) is 7.18. The van der Waals surface area contributed by atoms with Crippen LogP contribution in [0.15, 0.2) is 30.3 Å². The quantitative estimate of drug-likeness (QED) is 0.904. The number of carbonyl (C=O) groups is 1. The van der Waals surface area contributed by atoms with E-state index in [9.17, 15) is 18.7 Å². The van der Waals surface area contributed by atoms with Crippen molar-refractivity contribution in [3.8, 4) is 0 Å². The lowest BCUT2D eigenvalue weighted by Crippen LogP contribution is -2.42. The van der Waals surface area contributed by atoms with Crippen molar-refractivity contribution in [2.45, 2.75) is 63.0 Å². The SMILES string of the molecule is O=C(C1CCC(F)(F)CC1)N1CCCC1CC(O)c1ccccc1. The molecule has 1 saturated heterocycles. The maximum atomic E-state index is 13.3. The molecular weight excluding hydrogens is 312 g/mol. The Hall–Kier alpha value is -1.49. The van der Waals surface area contributed by atoms with Gasteiger partial charge >= 0.3 is 0 Å². The molecule has 3 rings (SSSR count). The first kappa shape index (κ1) is 17.3. The maximum absolute atomic E-state index is 13.3. The Morgan fingerprint density at radius 1 is 1.21 bits per heavy atom. The lowest BCUT2D eigenvalue weighted by molar-refractivity contribution is -0.141. The zero-order valence-corrected chi connectivity index (χ0v) is 13.8. The van der Waals surface area contributed by atoms with Crippen molar-refractivity contribution in [2.75, 3.05) is 6.54 Å². The molecule has 2 atom stereocenters. The Labute approximate surface area is 141 Å². The van der Waals surface area contributed by atoms with Crippen LogP contribution in [-0.2, 0) is 4.79 Å². The summed E-state index contributed by atoms with van der Waals surface area (Å²) in [5, 5.41) is 10.4. The van der Waals surface area contributed by atoms with Gasteiger partial charge in [-0.25, -0.2) is 8.78 Å². The molecule has 3 nitrogen and oxygen atoms in total. The highest BCUT2D eigenvalue weighted by molar-refractivity contribution is 5.79. The number of halogens is 2. The van der Waals surface area contributed by atoms with Gasteiger partial charge in [0, 0.05) is 31.3 Å². The maximum Gasteiger partial charge on any atom is 0.248 e. The highest BCUT2D eigenvalue weighted by Gasteiger charge is 2.40. The summed E-state index contributed by atoms with van der Waals surface area (Å²) >= 11 is 0. The number of rotatable bonds is 4. The normalized spacial score (nSPS) is 25.6. The Morgan fingerprint density at radius 2 is 1.88 bits per heavy atom. The largest absolute Gasteiger partial charge is 0.388 e. The minimum Gasteiger partial charge on any atom is -0.388 e. The first-order valence-electron chi connectivity index (χ1n) is 8.87. The summed E-state index contributed by atoms with van der Waals surface area (Å²) in [6.07, 6.45) is 1.88. The molecule has 1 saturated carbocycles. The van der Waals surface area contributed by atoms with Crippen LogP contribution in [0.25, 0.3) is 0 Å². The molecule has 1 heterocycles. The summed E-state index contributed by atoms with van der Waals surface area (Å²) in [6, 6.07) is 9.45. The number of amides is 1. The van der Waals surface area contributed by atoms with E-state index in [1.165, 1.54) is 0 Å². The molecule has 1 aliphatic carbocycles. The lowest BCUT2D eigenvalue weighted by Gasteiger charge is -2.33. The molecule has 0 bridgehead atoms. The fourth-order valence-electron chi connectivity index (χ4n) is 3.96. The summed E-state index contributed by atoms with van der Waals surface area (Å²) in [5.74, 6) is -2.88. The molecule has 1 aromatic rings. The number of carbonyl (C=O) groups excluding carboxylic acids is 1. The molecule has 2 aliphatic rings. The third-order valence-electron chi connectivity index (χ3n) is 5.41. The van der Waals surface area contributed by atoms with Gasteiger partial charge in [0.15, 0.2) is 0 Å². The topological polar surface area (TPSA) is 40.5 Å². The third kappa shape index (κ3) is 3.94. The summed E-state index contributed by atoms with van der Waals surface area (Å²) in [4.78, 5) is 14.6. The van der Waals surface area contributed by atoms with Gasteiger partial charge in [-0.3, -0.25) is 4.79 Å². The van der Waals surface area contributed by atoms with E-state index in [4.69, 9.17) is 0 Å². The number of hydrogen-bond donors (Lipinski definition) is 1. The van der Waals surface area contributed by atoms with Crippen LogP contribution in [0.5, 0.6) is 0 Å². The van der Waals surface area contributed by atoms with Crippen LogP contribution in [0.4, 0.5) is 8.78 Å². The van der Waals surface area contributed by atoms with Crippen molar-refractivity contribution in [1.29, 1.82) is 0 Å². The molecule has 132 valence electrons. The summed E-state index contributed by atoms with van der Waals surface area (Å²) in [5.41, 5.74) is 0.856. The average molecular weight is 337 g/mol. The van der Waals surface area contributed by atoms with Crippen LogP contribution in [0.2, 0.25) is 0 Å². The zero-order valence-electron chi connectivity index (χ0n) is 13.8. The fraction of sp³-hybridized carbons (Fsp3) is 0.632. The highest BCUT2D eigenvalue weighted by Crippen LogP contribution is 2.38. The molecular formula is C19H25F2NO2. The molecule has 2 fully saturated rings. The molecule has 1 aromatic carbocycles. The van der Waals surface area contributed by atoms with Crippen LogP contribution in [0, 0.1) is 5.92 Å². The van der Waals surface area contributed by atoms with Gasteiger partial charge < -0.3 is 10.0 Å². The van der Waals surface area contributed by atoms with E-state index < -0.39 is 12.0 Å². The molecule has 24 heavy (non-hydrogen) atoms.